The third-order valence-corrected chi connectivity index (χ3v) is 6.56. The first-order valence-electron chi connectivity index (χ1n) is 10.0. The fraction of sp³-hybridized carbons (Fsp3) is 0.400. The molecule has 1 aliphatic rings. The molecule has 0 unspecified atom stereocenters. The summed E-state index contributed by atoms with van der Waals surface area (Å²) in [4.78, 5) is 25.4. The van der Waals surface area contributed by atoms with Gasteiger partial charge in [-0.25, -0.2) is 15.0 Å². The molecule has 0 saturated carbocycles. The summed E-state index contributed by atoms with van der Waals surface area (Å²) < 4.78 is 24.4. The monoisotopic (exact) mass is 523 g/mol. The summed E-state index contributed by atoms with van der Waals surface area (Å²) in [6, 6.07) is 3.78. The molecule has 0 amide bonds. The van der Waals surface area contributed by atoms with Crippen molar-refractivity contribution < 1.29 is 23.7 Å². The Balaban J connectivity index is 1.48. The Morgan fingerprint density at radius 1 is 1.28 bits per heavy atom. The van der Waals surface area contributed by atoms with Crippen LogP contribution in [0.4, 0.5) is 5.82 Å². The number of esters is 1. The van der Waals surface area contributed by atoms with Gasteiger partial charge >= 0.3 is 5.97 Å². The SMILES string of the molecule is CCOC(=O)CCCOCCn1c(Sc2cc3c(cc2Br)OCO3)nc2c(N)ncnc21. The highest BCUT2D eigenvalue weighted by Gasteiger charge is 2.20. The van der Waals surface area contributed by atoms with Gasteiger partial charge in [0.15, 0.2) is 33.6 Å². The van der Waals surface area contributed by atoms with Gasteiger partial charge < -0.3 is 29.2 Å². The number of ether oxygens (including phenoxy) is 4. The normalized spacial score (nSPS) is 12.4. The zero-order chi connectivity index (χ0) is 22.5. The van der Waals surface area contributed by atoms with Crippen LogP contribution >= 0.6 is 27.7 Å². The summed E-state index contributed by atoms with van der Waals surface area (Å²) >= 11 is 5.03. The molecule has 3 aromatic rings. The molecule has 12 heteroatoms. The van der Waals surface area contributed by atoms with Crippen LogP contribution in [-0.2, 0) is 20.8 Å². The fourth-order valence-electron chi connectivity index (χ4n) is 3.10. The minimum atomic E-state index is -0.211. The average molecular weight is 524 g/mol. The first kappa shape index (κ1) is 22.6. The van der Waals surface area contributed by atoms with E-state index in [0.29, 0.717) is 72.8 Å². The van der Waals surface area contributed by atoms with Gasteiger partial charge in [0.05, 0.1) is 19.8 Å². The molecule has 0 spiro atoms. The Kier molecular flexibility index (Phi) is 7.33. The molecule has 4 rings (SSSR count). The lowest BCUT2D eigenvalue weighted by Gasteiger charge is -2.10. The smallest absolute Gasteiger partial charge is 0.305 e. The van der Waals surface area contributed by atoms with Crippen molar-refractivity contribution in [3.05, 3.63) is 22.9 Å². The summed E-state index contributed by atoms with van der Waals surface area (Å²) in [5, 5.41) is 0.696. The molecule has 0 fully saturated rings. The molecule has 2 N–H and O–H groups in total. The number of fused-ring (bicyclic) bond motifs is 2. The highest BCUT2D eigenvalue weighted by atomic mass is 79.9. The molecular weight excluding hydrogens is 502 g/mol. The van der Waals surface area contributed by atoms with Crippen molar-refractivity contribution in [2.24, 2.45) is 0 Å². The van der Waals surface area contributed by atoms with Crippen molar-refractivity contribution in [3.63, 3.8) is 0 Å². The van der Waals surface area contributed by atoms with Gasteiger partial charge in [-0.2, -0.15) is 0 Å². The third-order valence-electron chi connectivity index (χ3n) is 4.59. The molecule has 32 heavy (non-hydrogen) atoms. The molecule has 0 saturated heterocycles. The quantitative estimate of drug-likeness (QED) is 0.312. The number of hydrogen-bond acceptors (Lipinski definition) is 10. The molecule has 0 bridgehead atoms. The number of benzene rings is 1. The molecule has 2 aromatic heterocycles. The number of anilines is 1. The van der Waals surface area contributed by atoms with E-state index in [1.54, 1.807) is 6.92 Å². The number of hydrogen-bond donors (Lipinski definition) is 1. The predicted octanol–water partition coefficient (Wildman–Crippen LogP) is 3.41. The molecule has 3 heterocycles. The second kappa shape index (κ2) is 10.4. The lowest BCUT2D eigenvalue weighted by Crippen LogP contribution is -2.10. The highest BCUT2D eigenvalue weighted by molar-refractivity contribution is 9.10. The number of halogens is 1. The number of carbonyl (C=O) groups excluding carboxylic acids is 1. The van der Waals surface area contributed by atoms with E-state index in [1.807, 2.05) is 16.7 Å². The summed E-state index contributed by atoms with van der Waals surface area (Å²) in [5.74, 6) is 1.48. The molecule has 0 atom stereocenters. The van der Waals surface area contributed by atoms with Crippen LogP contribution < -0.4 is 15.2 Å². The van der Waals surface area contributed by atoms with Gasteiger partial charge in [0.2, 0.25) is 6.79 Å². The molecule has 1 aliphatic heterocycles. The fourth-order valence-corrected chi connectivity index (χ4v) is 4.61. The first-order valence-corrected chi connectivity index (χ1v) is 11.6. The summed E-state index contributed by atoms with van der Waals surface area (Å²) in [6.07, 6.45) is 2.36. The van der Waals surface area contributed by atoms with Crippen LogP contribution in [-0.4, -0.2) is 52.1 Å². The van der Waals surface area contributed by atoms with Crippen molar-refractivity contribution in [1.82, 2.24) is 19.5 Å². The number of nitrogens with zero attached hydrogens (tertiary/aromatic N) is 4. The largest absolute Gasteiger partial charge is 0.466 e. The van der Waals surface area contributed by atoms with E-state index in [-0.39, 0.29) is 12.8 Å². The highest BCUT2D eigenvalue weighted by Crippen LogP contribution is 2.43. The number of aromatic nitrogens is 4. The Morgan fingerprint density at radius 3 is 2.91 bits per heavy atom. The second-order valence-electron chi connectivity index (χ2n) is 6.74. The maximum absolute atomic E-state index is 11.4. The molecule has 10 nitrogen and oxygen atoms in total. The van der Waals surface area contributed by atoms with Crippen molar-refractivity contribution in [2.75, 3.05) is 32.3 Å². The van der Waals surface area contributed by atoms with E-state index < -0.39 is 0 Å². The maximum atomic E-state index is 11.4. The molecule has 0 radical (unpaired) electrons. The summed E-state index contributed by atoms with van der Waals surface area (Å²) in [6.45, 7) is 3.77. The maximum Gasteiger partial charge on any atom is 0.305 e. The number of imidazole rings is 1. The van der Waals surface area contributed by atoms with E-state index in [4.69, 9.17) is 24.7 Å². The number of nitrogen functional groups attached to an aromatic ring is 1. The number of rotatable bonds is 10. The van der Waals surface area contributed by atoms with Crippen LogP contribution in [0, 0.1) is 0 Å². The topological polar surface area (TPSA) is 124 Å². The predicted molar refractivity (Wildman–Crippen MR) is 121 cm³/mol. The molecule has 1 aromatic carbocycles. The van der Waals surface area contributed by atoms with Crippen LogP contribution in [0.25, 0.3) is 11.2 Å². The first-order chi connectivity index (χ1) is 15.6. The van der Waals surface area contributed by atoms with E-state index in [0.717, 1.165) is 9.37 Å². The van der Waals surface area contributed by atoms with Crippen LogP contribution in [0.1, 0.15) is 19.8 Å². The van der Waals surface area contributed by atoms with E-state index >= 15 is 0 Å². The van der Waals surface area contributed by atoms with Crippen molar-refractivity contribution >= 4 is 50.6 Å². The van der Waals surface area contributed by atoms with Crippen LogP contribution in [0.15, 0.2) is 33.0 Å². The van der Waals surface area contributed by atoms with Gasteiger partial charge in [0.25, 0.3) is 0 Å². The molecular formula is C20H22BrN5O5S. The molecule has 0 aliphatic carbocycles. The van der Waals surface area contributed by atoms with E-state index in [1.165, 1.54) is 18.1 Å². The van der Waals surface area contributed by atoms with E-state index in [2.05, 4.69) is 30.9 Å². The van der Waals surface area contributed by atoms with Gasteiger partial charge in [0, 0.05) is 22.4 Å². The van der Waals surface area contributed by atoms with Gasteiger partial charge in [0.1, 0.15) is 6.33 Å². The Hall–Kier alpha value is -2.57. The third kappa shape index (κ3) is 5.08. The van der Waals surface area contributed by atoms with E-state index in [9.17, 15) is 4.79 Å². The number of carbonyl (C=O) groups is 1. The average Bonchev–Trinajstić information content (AvgIpc) is 3.36. The van der Waals surface area contributed by atoms with Crippen molar-refractivity contribution in [3.8, 4) is 11.5 Å². The summed E-state index contributed by atoms with van der Waals surface area (Å²) in [5.41, 5.74) is 7.19. The van der Waals surface area contributed by atoms with Crippen LogP contribution in [0.5, 0.6) is 11.5 Å². The Bertz CT molecular complexity index is 1130. The van der Waals surface area contributed by atoms with Gasteiger partial charge in [-0.3, -0.25) is 4.79 Å². The zero-order valence-corrected chi connectivity index (χ0v) is 19.8. The van der Waals surface area contributed by atoms with Gasteiger partial charge in [-0.05, 0) is 41.4 Å². The van der Waals surface area contributed by atoms with Gasteiger partial charge in [-0.15, -0.1) is 0 Å². The van der Waals surface area contributed by atoms with Gasteiger partial charge in [-0.1, -0.05) is 11.8 Å². The summed E-state index contributed by atoms with van der Waals surface area (Å²) in [7, 11) is 0. The minimum Gasteiger partial charge on any atom is -0.466 e. The van der Waals surface area contributed by atoms with Crippen molar-refractivity contribution in [1.29, 1.82) is 0 Å². The lowest BCUT2D eigenvalue weighted by atomic mass is 10.3. The second-order valence-corrected chi connectivity index (χ2v) is 8.60. The Labute approximate surface area is 196 Å². The zero-order valence-electron chi connectivity index (χ0n) is 17.4. The van der Waals surface area contributed by atoms with Crippen LogP contribution in [0.3, 0.4) is 0 Å². The lowest BCUT2D eigenvalue weighted by molar-refractivity contribution is -0.143. The van der Waals surface area contributed by atoms with Crippen molar-refractivity contribution in [2.45, 2.75) is 36.4 Å². The standard InChI is InChI=1S/C20H22BrN5O5S/c1-2-29-16(27)4-3-6-28-7-5-26-19-17(18(22)23-10-24-19)25-20(26)32-15-9-14-13(8-12(15)21)30-11-31-14/h8-10H,2-7,11H2,1H3,(H2,22,23,24). The minimum absolute atomic E-state index is 0.202. The number of nitrogens with two attached hydrogens (primary N) is 1. The Morgan fingerprint density at radius 2 is 2.09 bits per heavy atom. The molecule has 170 valence electrons. The van der Waals surface area contributed by atoms with Crippen LogP contribution in [0.2, 0.25) is 0 Å².